The van der Waals surface area contributed by atoms with Gasteiger partial charge in [0.2, 0.25) is 15.9 Å². The van der Waals surface area contributed by atoms with Crippen molar-refractivity contribution in [2.75, 3.05) is 13.2 Å². The second kappa shape index (κ2) is 8.92. The van der Waals surface area contributed by atoms with Crippen molar-refractivity contribution in [1.82, 2.24) is 19.1 Å². The fourth-order valence-electron chi connectivity index (χ4n) is 4.31. The molecule has 3 aromatic rings. The Labute approximate surface area is 197 Å². The number of carbonyl (C=O) groups is 1. The van der Waals surface area contributed by atoms with Crippen molar-refractivity contribution in [3.8, 4) is 5.88 Å². The molecule has 0 saturated carbocycles. The SMILES string of the molecule is CCOc1ccc(S(=O)(=O)N2C[C@H](n3nc(CC(=O)O)c4ccc(Cl)cc43)[C@H](C)[C@@H]2C)cn1. The summed E-state index contributed by atoms with van der Waals surface area (Å²) >= 11 is 6.21. The number of aliphatic carboxylic acids is 1. The minimum absolute atomic E-state index is 0.0878. The quantitative estimate of drug-likeness (QED) is 0.537. The molecule has 176 valence electrons. The Morgan fingerprint density at radius 1 is 1.27 bits per heavy atom. The van der Waals surface area contributed by atoms with Crippen LogP contribution in [0.15, 0.2) is 41.4 Å². The Kier molecular flexibility index (Phi) is 6.35. The first-order chi connectivity index (χ1) is 15.6. The zero-order chi connectivity index (χ0) is 23.9. The van der Waals surface area contributed by atoms with Crippen molar-refractivity contribution in [3.05, 3.63) is 47.2 Å². The van der Waals surface area contributed by atoms with Gasteiger partial charge in [0.05, 0.1) is 36.5 Å². The van der Waals surface area contributed by atoms with Crippen LogP contribution in [0, 0.1) is 5.92 Å². The summed E-state index contributed by atoms with van der Waals surface area (Å²) in [7, 11) is -3.81. The van der Waals surface area contributed by atoms with Gasteiger partial charge in [-0.1, -0.05) is 18.5 Å². The van der Waals surface area contributed by atoms with Crippen LogP contribution < -0.4 is 4.74 Å². The normalized spacial score (nSPS) is 21.5. The molecular weight excluding hydrogens is 468 g/mol. The molecule has 0 spiro atoms. The number of fused-ring (bicyclic) bond motifs is 1. The van der Waals surface area contributed by atoms with Crippen molar-refractivity contribution in [2.45, 2.75) is 44.2 Å². The number of benzene rings is 1. The fraction of sp³-hybridized carbons (Fsp3) is 0.409. The van der Waals surface area contributed by atoms with Crippen LogP contribution >= 0.6 is 11.6 Å². The highest BCUT2D eigenvalue weighted by atomic mass is 35.5. The maximum absolute atomic E-state index is 13.4. The first-order valence-electron chi connectivity index (χ1n) is 10.6. The summed E-state index contributed by atoms with van der Waals surface area (Å²) in [6.07, 6.45) is 1.07. The van der Waals surface area contributed by atoms with Crippen molar-refractivity contribution in [2.24, 2.45) is 5.92 Å². The van der Waals surface area contributed by atoms with Gasteiger partial charge in [0.25, 0.3) is 0 Å². The lowest BCUT2D eigenvalue weighted by molar-refractivity contribution is -0.136. The van der Waals surface area contributed by atoms with E-state index in [0.717, 1.165) is 0 Å². The summed E-state index contributed by atoms with van der Waals surface area (Å²) in [6.45, 7) is 6.28. The number of nitrogens with zero attached hydrogens (tertiary/aromatic N) is 4. The number of halogens is 1. The van der Waals surface area contributed by atoms with Gasteiger partial charge >= 0.3 is 5.97 Å². The molecule has 0 amide bonds. The van der Waals surface area contributed by atoms with E-state index >= 15 is 0 Å². The molecule has 33 heavy (non-hydrogen) atoms. The van der Waals surface area contributed by atoms with Crippen LogP contribution in [0.1, 0.15) is 32.5 Å². The van der Waals surface area contributed by atoms with E-state index in [0.29, 0.717) is 34.1 Å². The first-order valence-corrected chi connectivity index (χ1v) is 12.4. The summed E-state index contributed by atoms with van der Waals surface area (Å²) < 4.78 is 35.3. The van der Waals surface area contributed by atoms with E-state index < -0.39 is 16.0 Å². The van der Waals surface area contributed by atoms with Crippen LogP contribution in [0.25, 0.3) is 10.9 Å². The van der Waals surface area contributed by atoms with E-state index in [1.807, 2.05) is 20.8 Å². The Morgan fingerprint density at radius 3 is 2.67 bits per heavy atom. The van der Waals surface area contributed by atoms with Crippen LogP contribution in [0.3, 0.4) is 0 Å². The van der Waals surface area contributed by atoms with Gasteiger partial charge in [-0.05, 0) is 44.0 Å². The molecule has 1 aromatic carbocycles. The Bertz CT molecular complexity index is 1290. The van der Waals surface area contributed by atoms with E-state index in [9.17, 15) is 18.3 Å². The second-order valence-electron chi connectivity index (χ2n) is 8.13. The molecule has 0 aliphatic carbocycles. The lowest BCUT2D eigenvalue weighted by atomic mass is 10.0. The molecule has 2 aromatic heterocycles. The van der Waals surface area contributed by atoms with Gasteiger partial charge in [-0.3, -0.25) is 9.48 Å². The minimum atomic E-state index is -3.81. The van der Waals surface area contributed by atoms with Crippen LogP contribution in [0.5, 0.6) is 5.88 Å². The number of carboxylic acid groups (broad SMARTS) is 1. The zero-order valence-corrected chi connectivity index (χ0v) is 20.0. The largest absolute Gasteiger partial charge is 0.481 e. The molecule has 1 aliphatic rings. The highest BCUT2D eigenvalue weighted by Crippen LogP contribution is 2.39. The van der Waals surface area contributed by atoms with E-state index in [-0.39, 0.29) is 35.9 Å². The highest BCUT2D eigenvalue weighted by molar-refractivity contribution is 7.89. The number of pyridine rings is 1. The molecule has 0 unspecified atom stereocenters. The highest BCUT2D eigenvalue weighted by Gasteiger charge is 2.44. The molecule has 1 saturated heterocycles. The maximum atomic E-state index is 13.4. The standard InChI is InChI=1S/C22H25ClN4O5S/c1-4-32-21-8-6-16(11-24-21)33(30,31)26-12-20(13(2)14(26)3)27-19-9-15(23)5-7-17(19)18(25-27)10-22(28)29/h5-9,11,13-14,20H,4,10,12H2,1-3H3,(H,28,29)/t13-,14+,20+/m1/s1. The van der Waals surface area contributed by atoms with Crippen LogP contribution in [-0.2, 0) is 21.2 Å². The summed E-state index contributed by atoms with van der Waals surface area (Å²) in [5, 5.41) is 15.1. The van der Waals surface area contributed by atoms with E-state index in [1.54, 1.807) is 28.9 Å². The second-order valence-corrected chi connectivity index (χ2v) is 10.5. The number of sulfonamides is 1. The Morgan fingerprint density at radius 2 is 2.03 bits per heavy atom. The number of hydrogen-bond acceptors (Lipinski definition) is 6. The number of hydrogen-bond donors (Lipinski definition) is 1. The molecule has 1 aliphatic heterocycles. The predicted octanol–water partition coefficient (Wildman–Crippen LogP) is 3.38. The fourth-order valence-corrected chi connectivity index (χ4v) is 6.15. The van der Waals surface area contributed by atoms with Gasteiger partial charge in [-0.2, -0.15) is 9.40 Å². The van der Waals surface area contributed by atoms with Crippen molar-refractivity contribution in [1.29, 1.82) is 0 Å². The van der Waals surface area contributed by atoms with E-state index in [4.69, 9.17) is 16.3 Å². The third kappa shape index (κ3) is 4.30. The number of ether oxygens (including phenoxy) is 1. The predicted molar refractivity (Wildman–Crippen MR) is 123 cm³/mol. The summed E-state index contributed by atoms with van der Waals surface area (Å²) in [4.78, 5) is 15.5. The van der Waals surface area contributed by atoms with Crippen LogP contribution in [-0.4, -0.2) is 57.8 Å². The lowest BCUT2D eigenvalue weighted by Gasteiger charge is -2.22. The zero-order valence-electron chi connectivity index (χ0n) is 18.5. The number of aromatic nitrogens is 3. The van der Waals surface area contributed by atoms with E-state index in [2.05, 4.69) is 10.1 Å². The van der Waals surface area contributed by atoms with Crippen molar-refractivity contribution >= 4 is 38.5 Å². The number of rotatable bonds is 7. The monoisotopic (exact) mass is 492 g/mol. The first kappa shape index (κ1) is 23.5. The average Bonchev–Trinajstić information content (AvgIpc) is 3.25. The molecule has 11 heteroatoms. The third-order valence-corrected chi connectivity index (χ3v) is 8.35. The summed E-state index contributed by atoms with van der Waals surface area (Å²) in [5.41, 5.74) is 1.11. The lowest BCUT2D eigenvalue weighted by Crippen LogP contribution is -2.35. The molecule has 4 rings (SSSR count). The smallest absolute Gasteiger partial charge is 0.309 e. The Hall–Kier alpha value is -2.69. The molecule has 0 radical (unpaired) electrons. The molecule has 1 fully saturated rings. The average molecular weight is 493 g/mol. The minimum Gasteiger partial charge on any atom is -0.481 e. The van der Waals surface area contributed by atoms with Gasteiger partial charge in [-0.15, -0.1) is 0 Å². The van der Waals surface area contributed by atoms with Crippen LogP contribution in [0.4, 0.5) is 0 Å². The molecule has 3 heterocycles. The molecule has 1 N–H and O–H groups in total. The third-order valence-electron chi connectivity index (χ3n) is 6.18. The Balaban J connectivity index is 1.71. The van der Waals surface area contributed by atoms with Gasteiger partial charge in [0.15, 0.2) is 0 Å². The van der Waals surface area contributed by atoms with Gasteiger partial charge in [0.1, 0.15) is 4.90 Å². The molecule has 0 bridgehead atoms. The van der Waals surface area contributed by atoms with Gasteiger partial charge < -0.3 is 9.84 Å². The van der Waals surface area contributed by atoms with Crippen molar-refractivity contribution in [3.63, 3.8) is 0 Å². The van der Waals surface area contributed by atoms with Crippen molar-refractivity contribution < 1.29 is 23.1 Å². The molecule has 9 nitrogen and oxygen atoms in total. The van der Waals surface area contributed by atoms with Gasteiger partial charge in [-0.25, -0.2) is 13.4 Å². The van der Waals surface area contributed by atoms with Crippen LogP contribution in [0.2, 0.25) is 5.02 Å². The summed E-state index contributed by atoms with van der Waals surface area (Å²) in [6, 6.07) is 7.60. The van der Waals surface area contributed by atoms with Gasteiger partial charge in [0, 0.05) is 29.1 Å². The van der Waals surface area contributed by atoms with E-state index in [1.165, 1.54) is 16.6 Å². The molecule has 3 atom stereocenters. The maximum Gasteiger partial charge on any atom is 0.309 e. The molecular formula is C22H25ClN4O5S. The summed E-state index contributed by atoms with van der Waals surface area (Å²) in [5.74, 6) is -0.713. The number of carboxylic acids is 1. The topological polar surface area (TPSA) is 115 Å².